The first-order valence-corrected chi connectivity index (χ1v) is 24.4. The lowest BCUT2D eigenvalue weighted by Gasteiger charge is -2.34. The van der Waals surface area contributed by atoms with Crippen LogP contribution in [-0.2, 0) is 9.59 Å². The van der Waals surface area contributed by atoms with Crippen molar-refractivity contribution in [2.45, 2.75) is 45.3 Å². The van der Waals surface area contributed by atoms with E-state index < -0.39 is 11.9 Å². The maximum Gasteiger partial charge on any atom is 0.336 e. The molecular weight excluding hydrogens is 861 g/mol. The van der Waals surface area contributed by atoms with Crippen molar-refractivity contribution < 1.29 is 19.1 Å². The van der Waals surface area contributed by atoms with E-state index in [0.717, 1.165) is 129 Å². The Balaban J connectivity index is 0.914. The Morgan fingerprint density at radius 1 is 0.500 bits per heavy atom. The van der Waals surface area contributed by atoms with Crippen molar-refractivity contribution in [3.05, 3.63) is 156 Å². The smallest absolute Gasteiger partial charge is 0.336 e. The van der Waals surface area contributed by atoms with E-state index >= 15 is 0 Å². The fourth-order valence-electron chi connectivity index (χ4n) is 9.14. The van der Waals surface area contributed by atoms with Gasteiger partial charge in [0.25, 0.3) is 0 Å². The van der Waals surface area contributed by atoms with Crippen molar-refractivity contribution in [2.75, 3.05) is 86.9 Å². The van der Waals surface area contributed by atoms with Crippen LogP contribution in [-0.4, -0.2) is 88.2 Å². The van der Waals surface area contributed by atoms with Gasteiger partial charge in [0.15, 0.2) is 11.5 Å². The van der Waals surface area contributed by atoms with E-state index in [4.69, 9.17) is 9.47 Å². The molecule has 0 amide bonds. The predicted octanol–water partition coefficient (Wildman–Crippen LogP) is 11.0. The van der Waals surface area contributed by atoms with Gasteiger partial charge < -0.3 is 39.7 Å². The number of piperazine rings is 2. The van der Waals surface area contributed by atoms with Crippen molar-refractivity contribution in [2.24, 2.45) is 0 Å². The largest absolute Gasteiger partial charge is 0.421 e. The molecule has 12 heteroatoms. The number of nitrogens with one attached hydrogen (secondary N) is 2. The number of rotatable bonds is 10. The number of anilines is 6. The number of carbonyl (C=O) groups is 2. The Kier molecular flexibility index (Phi) is 12.6. The van der Waals surface area contributed by atoms with Crippen LogP contribution >= 0.6 is 23.5 Å². The molecule has 0 bridgehead atoms. The van der Waals surface area contributed by atoms with Gasteiger partial charge in [0, 0.05) is 118 Å². The monoisotopic (exact) mass is 914 g/mol. The van der Waals surface area contributed by atoms with Gasteiger partial charge in [0.05, 0.1) is 22.7 Å². The van der Waals surface area contributed by atoms with Gasteiger partial charge in [-0.2, -0.15) is 0 Å². The molecule has 10 nitrogen and oxygen atoms in total. The molecule has 2 fully saturated rings. The standard InChI is InChI=1S/C54H54N6O4S2/c1-35(37-13-17-39(18-14-37)59-31-27-57(3)28-32-59)41-21-23-47-51(55-43-9-5-7-11-45(43)65-47)53(41)63-49(61)25-26-50(62)64-54-42(22-24-48-52(54)56-44-10-6-8-12-46(44)66-48)36(2)38-15-19-40(20-16-38)60-33-29-58(4)30-34-60/h5-26,35-36,55-56H,27-34H2,1-4H3/b26-25-. The molecule has 6 aromatic carbocycles. The number of fused-ring (bicyclic) bond motifs is 4. The van der Waals surface area contributed by atoms with Gasteiger partial charge in [-0.15, -0.1) is 0 Å². The lowest BCUT2D eigenvalue weighted by molar-refractivity contribution is -0.131. The third kappa shape index (κ3) is 9.15. The molecule has 336 valence electrons. The Morgan fingerprint density at radius 2 is 0.879 bits per heavy atom. The Labute approximate surface area is 396 Å². The molecule has 0 aliphatic carbocycles. The van der Waals surface area contributed by atoms with Crippen LogP contribution in [0.1, 0.15) is 47.9 Å². The molecule has 0 spiro atoms. The van der Waals surface area contributed by atoms with Crippen LogP contribution in [0.15, 0.2) is 153 Å². The second kappa shape index (κ2) is 19.0. The molecule has 4 aliphatic rings. The predicted molar refractivity (Wildman–Crippen MR) is 268 cm³/mol. The number of ether oxygens (including phenoxy) is 2. The van der Waals surface area contributed by atoms with Crippen LogP contribution < -0.4 is 29.9 Å². The third-order valence-electron chi connectivity index (χ3n) is 13.2. The molecule has 6 aromatic rings. The van der Waals surface area contributed by atoms with E-state index in [0.29, 0.717) is 11.5 Å². The molecule has 2 N–H and O–H groups in total. The van der Waals surface area contributed by atoms with E-state index in [1.54, 1.807) is 23.5 Å². The van der Waals surface area contributed by atoms with E-state index in [1.807, 2.05) is 48.5 Å². The topological polar surface area (TPSA) is 89.6 Å². The van der Waals surface area contributed by atoms with E-state index in [1.165, 1.54) is 11.4 Å². The van der Waals surface area contributed by atoms with Gasteiger partial charge in [-0.1, -0.05) is 98.0 Å². The number of benzene rings is 6. The summed E-state index contributed by atoms with van der Waals surface area (Å²) in [4.78, 5) is 41.5. The minimum Gasteiger partial charge on any atom is -0.421 e. The molecule has 66 heavy (non-hydrogen) atoms. The van der Waals surface area contributed by atoms with Crippen molar-refractivity contribution in [3.8, 4) is 11.5 Å². The fourth-order valence-corrected chi connectivity index (χ4v) is 11.1. The third-order valence-corrected chi connectivity index (χ3v) is 15.5. The molecule has 2 unspecified atom stereocenters. The minimum atomic E-state index is -0.684. The summed E-state index contributed by atoms with van der Waals surface area (Å²) in [6, 6.07) is 41.9. The van der Waals surface area contributed by atoms with Crippen LogP contribution in [0.5, 0.6) is 11.5 Å². The molecule has 0 radical (unpaired) electrons. The normalized spacial score (nSPS) is 16.8. The molecule has 4 aliphatic heterocycles. The second-order valence-corrected chi connectivity index (χ2v) is 19.7. The summed E-state index contributed by atoms with van der Waals surface area (Å²) in [6.45, 7) is 12.4. The van der Waals surface area contributed by atoms with Crippen LogP contribution in [0.4, 0.5) is 34.1 Å². The number of esters is 2. The van der Waals surface area contributed by atoms with Crippen LogP contribution in [0, 0.1) is 0 Å². The van der Waals surface area contributed by atoms with Gasteiger partial charge >= 0.3 is 11.9 Å². The van der Waals surface area contributed by atoms with Crippen LogP contribution in [0.3, 0.4) is 0 Å². The Morgan fingerprint density at radius 3 is 1.27 bits per heavy atom. The van der Waals surface area contributed by atoms with Gasteiger partial charge in [-0.25, -0.2) is 9.59 Å². The molecule has 0 aromatic heterocycles. The average molecular weight is 915 g/mol. The zero-order valence-electron chi connectivity index (χ0n) is 37.8. The van der Waals surface area contributed by atoms with E-state index in [-0.39, 0.29) is 11.8 Å². The number of para-hydroxylation sites is 2. The Bertz CT molecular complexity index is 2610. The highest BCUT2D eigenvalue weighted by Crippen LogP contribution is 2.52. The highest BCUT2D eigenvalue weighted by molar-refractivity contribution is 8.00. The first-order valence-electron chi connectivity index (χ1n) is 22.8. The number of likely N-dealkylation sites (N-methyl/N-ethyl adjacent to an activating group) is 2. The number of carbonyl (C=O) groups excluding carboxylic acids is 2. The summed E-state index contributed by atoms with van der Waals surface area (Å²) < 4.78 is 12.6. The van der Waals surface area contributed by atoms with E-state index in [9.17, 15) is 9.59 Å². The van der Waals surface area contributed by atoms with Crippen LogP contribution in [0.25, 0.3) is 0 Å². The van der Waals surface area contributed by atoms with Crippen molar-refractivity contribution in [1.29, 1.82) is 0 Å². The number of nitrogens with zero attached hydrogens (tertiary/aromatic N) is 4. The maximum absolute atomic E-state index is 14.0. The average Bonchev–Trinajstić information content (AvgIpc) is 3.35. The lowest BCUT2D eigenvalue weighted by Crippen LogP contribution is -2.44. The summed E-state index contributed by atoms with van der Waals surface area (Å²) >= 11 is 3.25. The lowest BCUT2D eigenvalue weighted by atomic mass is 9.91. The molecule has 2 atom stereocenters. The first-order chi connectivity index (χ1) is 32.1. The van der Waals surface area contributed by atoms with Gasteiger partial charge in [-0.05, 0) is 85.9 Å². The summed E-state index contributed by atoms with van der Waals surface area (Å²) in [5.74, 6) is -0.727. The second-order valence-electron chi connectivity index (χ2n) is 17.5. The van der Waals surface area contributed by atoms with Gasteiger partial charge in [0.1, 0.15) is 0 Å². The van der Waals surface area contributed by atoms with Gasteiger partial charge in [0.2, 0.25) is 0 Å². The fraction of sp³-hybridized carbons (Fsp3) is 0.259. The summed E-state index contributed by atoms with van der Waals surface area (Å²) in [6.07, 6.45) is 2.33. The molecule has 10 rings (SSSR count). The Hall–Kier alpha value is -6.18. The summed E-state index contributed by atoms with van der Waals surface area (Å²) in [5, 5.41) is 7.13. The zero-order valence-corrected chi connectivity index (χ0v) is 39.4. The quantitative estimate of drug-likeness (QED) is 0.0778. The van der Waals surface area contributed by atoms with Gasteiger partial charge in [-0.3, -0.25) is 0 Å². The van der Waals surface area contributed by atoms with E-state index in [2.05, 4.69) is 131 Å². The van der Waals surface area contributed by atoms with Crippen LogP contribution in [0.2, 0.25) is 0 Å². The highest BCUT2D eigenvalue weighted by Gasteiger charge is 2.29. The summed E-state index contributed by atoms with van der Waals surface area (Å²) in [5.41, 5.74) is 9.63. The zero-order chi connectivity index (χ0) is 45.3. The molecule has 0 saturated carbocycles. The van der Waals surface area contributed by atoms with Crippen molar-refractivity contribution in [3.63, 3.8) is 0 Å². The highest BCUT2D eigenvalue weighted by atomic mass is 32.2. The van der Waals surface area contributed by atoms with Crippen molar-refractivity contribution in [1.82, 2.24) is 9.80 Å². The minimum absolute atomic E-state index is 0.110. The summed E-state index contributed by atoms with van der Waals surface area (Å²) in [7, 11) is 4.33. The number of hydrogen-bond donors (Lipinski definition) is 2. The molecule has 2 saturated heterocycles. The maximum atomic E-state index is 14.0. The first kappa shape index (κ1) is 43.7. The SMILES string of the molecule is CC(c1ccc(N2CCN(C)CC2)cc1)c1ccc2c(c1OC(=O)/C=C\C(=O)Oc1c(C(C)c3ccc(N4CCN(C)CC4)cc3)ccc3c1Nc1ccccc1S3)Nc1ccccc1S2. The van der Waals surface area contributed by atoms with Crippen molar-refractivity contribution >= 4 is 69.6 Å². The molecular formula is C54H54N6O4S2. The molecule has 4 heterocycles. The number of hydrogen-bond acceptors (Lipinski definition) is 12.